The minimum absolute atomic E-state index is 0. The predicted molar refractivity (Wildman–Crippen MR) is 59.3 cm³/mol. The summed E-state index contributed by atoms with van der Waals surface area (Å²) in [5, 5.41) is 0. The molecule has 7 heteroatoms. The largest absolute Gasteiger partial charge is 1.00 e. The number of nitrogens with zero attached hydrogens (tertiary/aromatic N) is 2. The third-order valence-electron chi connectivity index (χ3n) is 3.68. The molecule has 0 aromatic carbocycles. The van der Waals surface area contributed by atoms with Crippen molar-refractivity contribution < 1.29 is 64.3 Å². The van der Waals surface area contributed by atoms with E-state index in [9.17, 15) is 12.9 Å². The van der Waals surface area contributed by atoms with Crippen LogP contribution < -0.4 is 51.4 Å². The van der Waals surface area contributed by atoms with Crippen LogP contribution in [-0.4, -0.2) is 55.4 Å². The van der Waals surface area contributed by atoms with Gasteiger partial charge in [0.2, 0.25) is 0 Å². The molecule has 0 aromatic heterocycles. The van der Waals surface area contributed by atoms with E-state index in [0.717, 1.165) is 25.9 Å². The van der Waals surface area contributed by atoms with E-state index in [1.165, 1.54) is 12.8 Å². The Kier molecular flexibility index (Phi) is 7.03. The molecule has 0 saturated carbocycles. The van der Waals surface area contributed by atoms with Crippen molar-refractivity contribution in [2.45, 2.75) is 31.7 Å². The van der Waals surface area contributed by atoms with E-state index in [0.29, 0.717) is 19.1 Å². The van der Waals surface area contributed by atoms with Crippen LogP contribution in [0.3, 0.4) is 0 Å². The first-order valence-electron chi connectivity index (χ1n) is 6.22. The molecule has 2 aliphatic heterocycles. The number of piperidine rings is 1. The molecule has 0 aromatic rings. The van der Waals surface area contributed by atoms with E-state index >= 15 is 0 Å². The summed E-state index contributed by atoms with van der Waals surface area (Å²) in [5.74, 6) is 0. The minimum Gasteiger partial charge on any atom is -0.448 e. The van der Waals surface area contributed by atoms with Crippen LogP contribution in [0.2, 0.25) is 0 Å². The third kappa shape index (κ3) is 5.50. The molecule has 0 unspecified atom stereocenters. The van der Waals surface area contributed by atoms with Crippen LogP contribution in [0, 0.1) is 0 Å². The monoisotopic (exact) mass is 274 g/mol. The molecule has 0 N–H and O–H groups in total. The van der Waals surface area contributed by atoms with Crippen LogP contribution in [0.15, 0.2) is 0 Å². The van der Waals surface area contributed by atoms with Crippen LogP contribution in [0.25, 0.3) is 0 Å². The van der Waals surface area contributed by atoms with E-state index < -0.39 is 13.4 Å². The third-order valence-corrected chi connectivity index (χ3v) is 3.68. The fourth-order valence-electron chi connectivity index (χ4n) is 2.87. The molecule has 0 bridgehead atoms. The first-order valence-corrected chi connectivity index (χ1v) is 6.22. The van der Waals surface area contributed by atoms with Crippen LogP contribution in [0.5, 0.6) is 0 Å². The van der Waals surface area contributed by atoms with Gasteiger partial charge < -0.3 is 22.7 Å². The summed E-state index contributed by atoms with van der Waals surface area (Å²) in [7, 11) is 0. The van der Waals surface area contributed by atoms with Crippen molar-refractivity contribution in [3.63, 3.8) is 0 Å². The van der Waals surface area contributed by atoms with Crippen LogP contribution in [0.1, 0.15) is 25.7 Å². The maximum Gasteiger partial charge on any atom is 1.00 e. The molecule has 0 radical (unpaired) electrons. The van der Waals surface area contributed by atoms with Crippen LogP contribution in [0.4, 0.5) is 12.9 Å². The number of rotatable bonds is 3. The zero-order chi connectivity index (χ0) is 11.6. The zero-order valence-electron chi connectivity index (χ0n) is 10.5. The van der Waals surface area contributed by atoms with E-state index in [2.05, 4.69) is 4.90 Å². The van der Waals surface area contributed by atoms with Crippen LogP contribution in [-0.2, 0) is 0 Å². The van der Waals surface area contributed by atoms with Crippen molar-refractivity contribution in [2.75, 3.05) is 32.6 Å². The Bertz CT molecular complexity index is 226. The van der Waals surface area contributed by atoms with Crippen molar-refractivity contribution in [3.8, 4) is 0 Å². The summed E-state index contributed by atoms with van der Waals surface area (Å²) >= 11 is 0. The SMILES string of the molecule is F[B-](F)(F)CN1CCC(N2CCCC2)CC1.[K+]. The number of likely N-dealkylation sites (tertiary alicyclic amines) is 2. The van der Waals surface area contributed by atoms with Crippen molar-refractivity contribution in [3.05, 3.63) is 0 Å². The zero-order valence-corrected chi connectivity index (χ0v) is 13.7. The normalized spacial score (nSPS) is 24.9. The number of halogens is 3. The quantitative estimate of drug-likeness (QED) is 0.605. The molecule has 0 atom stereocenters. The van der Waals surface area contributed by atoms with Gasteiger partial charge in [-0.25, -0.2) is 0 Å². The van der Waals surface area contributed by atoms with E-state index in [4.69, 9.17) is 0 Å². The van der Waals surface area contributed by atoms with Gasteiger partial charge in [-0.15, -0.1) is 0 Å². The van der Waals surface area contributed by atoms with Gasteiger partial charge in [0.15, 0.2) is 0 Å². The molecule has 2 heterocycles. The molecular formula is C10H19BF3KN2. The maximum absolute atomic E-state index is 12.2. The standard InChI is InChI=1S/C10H19BF3N2.K/c12-11(13,14)9-15-7-3-10(4-8-15)16-5-1-2-6-16;/h10H,1-9H2;/q-1;+1. The Hall–Kier alpha value is 1.41. The van der Waals surface area contributed by atoms with E-state index in [-0.39, 0.29) is 51.4 Å². The molecule has 2 rings (SSSR count). The Morgan fingerprint density at radius 3 is 1.94 bits per heavy atom. The summed E-state index contributed by atoms with van der Waals surface area (Å²) < 4.78 is 36.7. The predicted octanol–water partition coefficient (Wildman–Crippen LogP) is -1.06. The summed E-state index contributed by atoms with van der Waals surface area (Å²) in [6.45, 7) is -1.13. The Morgan fingerprint density at radius 1 is 0.941 bits per heavy atom. The van der Waals surface area contributed by atoms with Gasteiger partial charge in [0.1, 0.15) is 0 Å². The van der Waals surface area contributed by atoms with Crippen LogP contribution >= 0.6 is 0 Å². The Balaban J connectivity index is 0.00000144. The molecule has 0 spiro atoms. The Morgan fingerprint density at radius 2 is 1.47 bits per heavy atom. The fourth-order valence-corrected chi connectivity index (χ4v) is 2.87. The average molecular weight is 274 g/mol. The van der Waals surface area contributed by atoms with Crippen molar-refractivity contribution in [1.29, 1.82) is 0 Å². The minimum atomic E-state index is -4.65. The van der Waals surface area contributed by atoms with Gasteiger partial charge >= 0.3 is 58.4 Å². The molecule has 2 nitrogen and oxygen atoms in total. The molecule has 2 saturated heterocycles. The molecular weight excluding hydrogens is 255 g/mol. The van der Waals surface area contributed by atoms with Gasteiger partial charge in [-0.3, -0.25) is 0 Å². The van der Waals surface area contributed by atoms with Gasteiger partial charge in [0, 0.05) is 6.04 Å². The van der Waals surface area contributed by atoms with Gasteiger partial charge in [0.25, 0.3) is 0 Å². The number of hydrogen-bond acceptors (Lipinski definition) is 2. The van der Waals surface area contributed by atoms with Gasteiger partial charge in [-0.05, 0) is 58.3 Å². The summed E-state index contributed by atoms with van der Waals surface area (Å²) in [6, 6.07) is 0.541. The molecule has 0 amide bonds. The smallest absolute Gasteiger partial charge is 0.448 e. The molecule has 0 aliphatic carbocycles. The summed E-state index contributed by atoms with van der Waals surface area (Å²) in [5.41, 5.74) is 0. The second-order valence-corrected chi connectivity index (χ2v) is 4.99. The summed E-state index contributed by atoms with van der Waals surface area (Å²) in [6.07, 6.45) is 3.66. The first-order chi connectivity index (χ1) is 7.54. The molecule has 2 aliphatic rings. The maximum atomic E-state index is 12.2. The fraction of sp³-hybridized carbons (Fsp3) is 1.00. The van der Waals surface area contributed by atoms with E-state index in [1.807, 2.05) is 0 Å². The summed E-state index contributed by atoms with van der Waals surface area (Å²) in [4.78, 5) is 4.02. The second-order valence-electron chi connectivity index (χ2n) is 4.99. The first kappa shape index (κ1) is 16.5. The molecule has 2 fully saturated rings. The van der Waals surface area contributed by atoms with Crippen molar-refractivity contribution in [2.24, 2.45) is 0 Å². The van der Waals surface area contributed by atoms with Gasteiger partial charge in [0.05, 0.1) is 0 Å². The average Bonchev–Trinajstić information content (AvgIpc) is 2.69. The molecule has 94 valence electrons. The number of hydrogen-bond donors (Lipinski definition) is 0. The van der Waals surface area contributed by atoms with Gasteiger partial charge in [-0.2, -0.15) is 0 Å². The Labute approximate surface area is 144 Å². The van der Waals surface area contributed by atoms with Crippen molar-refractivity contribution in [1.82, 2.24) is 9.80 Å². The van der Waals surface area contributed by atoms with Gasteiger partial charge in [-0.1, -0.05) is 0 Å². The van der Waals surface area contributed by atoms with Crippen molar-refractivity contribution >= 4 is 6.98 Å². The second kappa shape index (κ2) is 7.26. The van der Waals surface area contributed by atoms with E-state index in [1.54, 1.807) is 4.90 Å². The molecule has 17 heavy (non-hydrogen) atoms. The topological polar surface area (TPSA) is 6.48 Å².